The Kier molecular flexibility index (Phi) is 3.03. The molecular formula is C12H17NO2. The highest BCUT2D eigenvalue weighted by molar-refractivity contribution is 5.22. The molecular weight excluding hydrogens is 190 g/mol. The molecule has 0 amide bonds. The summed E-state index contributed by atoms with van der Waals surface area (Å²) in [6, 6.07) is 6.05. The molecule has 0 aliphatic heterocycles. The van der Waals surface area contributed by atoms with Crippen LogP contribution in [0.5, 0.6) is 0 Å². The molecule has 0 N–H and O–H groups in total. The summed E-state index contributed by atoms with van der Waals surface area (Å²) < 4.78 is 10.8. The summed E-state index contributed by atoms with van der Waals surface area (Å²) in [5, 5.41) is 0. The number of ether oxygens (including phenoxy) is 2. The first-order valence-electron chi connectivity index (χ1n) is 5.40. The van der Waals surface area contributed by atoms with Crippen LogP contribution in [-0.4, -0.2) is 18.7 Å². The van der Waals surface area contributed by atoms with Gasteiger partial charge in [-0.3, -0.25) is 4.98 Å². The molecule has 0 aromatic carbocycles. The van der Waals surface area contributed by atoms with Crippen molar-refractivity contribution in [3.8, 4) is 0 Å². The molecule has 1 fully saturated rings. The van der Waals surface area contributed by atoms with E-state index in [1.807, 2.05) is 25.1 Å². The van der Waals surface area contributed by atoms with Crippen molar-refractivity contribution in [2.45, 2.75) is 32.0 Å². The van der Waals surface area contributed by atoms with Crippen molar-refractivity contribution < 1.29 is 9.47 Å². The SMILES string of the molecule is CCOC1(c2cccc(COC)n2)CC1. The van der Waals surface area contributed by atoms with Gasteiger partial charge in [0.25, 0.3) is 0 Å². The summed E-state index contributed by atoms with van der Waals surface area (Å²) in [6.07, 6.45) is 2.18. The fraction of sp³-hybridized carbons (Fsp3) is 0.583. The molecule has 0 bridgehead atoms. The smallest absolute Gasteiger partial charge is 0.110 e. The second kappa shape index (κ2) is 4.29. The van der Waals surface area contributed by atoms with E-state index in [9.17, 15) is 0 Å². The van der Waals surface area contributed by atoms with Crippen LogP contribution < -0.4 is 0 Å². The molecule has 1 aliphatic carbocycles. The summed E-state index contributed by atoms with van der Waals surface area (Å²) in [5.74, 6) is 0. The van der Waals surface area contributed by atoms with E-state index in [1.54, 1.807) is 7.11 Å². The Morgan fingerprint density at radius 2 is 2.20 bits per heavy atom. The monoisotopic (exact) mass is 207 g/mol. The molecule has 15 heavy (non-hydrogen) atoms. The second-order valence-corrected chi connectivity index (χ2v) is 3.87. The number of hydrogen-bond acceptors (Lipinski definition) is 3. The summed E-state index contributed by atoms with van der Waals surface area (Å²) in [5.41, 5.74) is 1.94. The van der Waals surface area contributed by atoms with Gasteiger partial charge in [0.15, 0.2) is 0 Å². The van der Waals surface area contributed by atoms with Crippen LogP contribution in [0.3, 0.4) is 0 Å². The average molecular weight is 207 g/mol. The molecule has 0 atom stereocenters. The second-order valence-electron chi connectivity index (χ2n) is 3.87. The van der Waals surface area contributed by atoms with Crippen molar-refractivity contribution in [2.75, 3.05) is 13.7 Å². The van der Waals surface area contributed by atoms with Crippen LogP contribution in [0.25, 0.3) is 0 Å². The zero-order chi connectivity index (χ0) is 10.7. The maximum absolute atomic E-state index is 5.76. The van der Waals surface area contributed by atoms with E-state index in [4.69, 9.17) is 9.47 Å². The summed E-state index contributed by atoms with van der Waals surface area (Å²) in [7, 11) is 1.68. The van der Waals surface area contributed by atoms with Crippen LogP contribution in [-0.2, 0) is 21.7 Å². The number of pyridine rings is 1. The predicted octanol–water partition coefficient (Wildman–Crippen LogP) is 2.25. The van der Waals surface area contributed by atoms with Crippen LogP contribution in [0.15, 0.2) is 18.2 Å². The predicted molar refractivity (Wildman–Crippen MR) is 57.5 cm³/mol. The number of nitrogens with zero attached hydrogens (tertiary/aromatic N) is 1. The summed E-state index contributed by atoms with van der Waals surface area (Å²) in [6.45, 7) is 3.34. The zero-order valence-corrected chi connectivity index (χ0v) is 9.32. The lowest BCUT2D eigenvalue weighted by atomic mass is 10.2. The number of methoxy groups -OCH3 is 1. The van der Waals surface area contributed by atoms with Crippen molar-refractivity contribution in [3.05, 3.63) is 29.6 Å². The lowest BCUT2D eigenvalue weighted by Crippen LogP contribution is -2.14. The highest BCUT2D eigenvalue weighted by Gasteiger charge is 2.46. The Balaban J connectivity index is 2.17. The molecule has 1 heterocycles. The van der Waals surface area contributed by atoms with Crippen LogP contribution in [0, 0.1) is 0 Å². The largest absolute Gasteiger partial charge is 0.378 e. The fourth-order valence-electron chi connectivity index (χ4n) is 1.83. The third-order valence-corrected chi connectivity index (χ3v) is 2.69. The number of hydrogen-bond donors (Lipinski definition) is 0. The van der Waals surface area contributed by atoms with E-state index in [-0.39, 0.29) is 5.60 Å². The van der Waals surface area contributed by atoms with Crippen LogP contribution in [0.1, 0.15) is 31.2 Å². The highest BCUT2D eigenvalue weighted by atomic mass is 16.5. The molecule has 1 aromatic heterocycles. The van der Waals surface area contributed by atoms with Gasteiger partial charge in [0.2, 0.25) is 0 Å². The Labute approximate surface area is 90.4 Å². The highest BCUT2D eigenvalue weighted by Crippen LogP contribution is 2.48. The van der Waals surface area contributed by atoms with Crippen molar-refractivity contribution >= 4 is 0 Å². The first-order chi connectivity index (χ1) is 7.30. The van der Waals surface area contributed by atoms with E-state index in [1.165, 1.54) is 0 Å². The standard InChI is InChI=1S/C12H17NO2/c1-3-15-12(7-8-12)11-6-4-5-10(13-11)9-14-2/h4-6H,3,7-9H2,1-2H3. The van der Waals surface area contributed by atoms with E-state index in [2.05, 4.69) is 4.98 Å². The van der Waals surface area contributed by atoms with Gasteiger partial charge in [0.05, 0.1) is 18.0 Å². The molecule has 2 rings (SSSR count). The van der Waals surface area contributed by atoms with E-state index < -0.39 is 0 Å². The van der Waals surface area contributed by atoms with Crippen molar-refractivity contribution in [3.63, 3.8) is 0 Å². The van der Waals surface area contributed by atoms with Crippen molar-refractivity contribution in [1.29, 1.82) is 0 Å². The van der Waals surface area contributed by atoms with E-state index >= 15 is 0 Å². The maximum Gasteiger partial charge on any atom is 0.110 e. The molecule has 0 saturated heterocycles. The fourth-order valence-corrected chi connectivity index (χ4v) is 1.83. The van der Waals surface area contributed by atoms with Crippen LogP contribution >= 0.6 is 0 Å². The quantitative estimate of drug-likeness (QED) is 0.742. The van der Waals surface area contributed by atoms with Gasteiger partial charge in [-0.05, 0) is 31.9 Å². The molecule has 1 saturated carbocycles. The molecule has 0 radical (unpaired) electrons. The van der Waals surface area contributed by atoms with Gasteiger partial charge in [-0.15, -0.1) is 0 Å². The molecule has 82 valence electrons. The van der Waals surface area contributed by atoms with Gasteiger partial charge in [-0.25, -0.2) is 0 Å². The van der Waals surface area contributed by atoms with E-state index in [0.29, 0.717) is 6.61 Å². The first-order valence-corrected chi connectivity index (χ1v) is 5.40. The Hall–Kier alpha value is -0.930. The molecule has 1 aromatic rings. The Bertz CT molecular complexity index is 334. The normalized spacial score (nSPS) is 17.7. The van der Waals surface area contributed by atoms with Gasteiger partial charge in [-0.2, -0.15) is 0 Å². The maximum atomic E-state index is 5.76. The lowest BCUT2D eigenvalue weighted by Gasteiger charge is -2.15. The summed E-state index contributed by atoms with van der Waals surface area (Å²) >= 11 is 0. The molecule has 0 unspecified atom stereocenters. The first kappa shape index (κ1) is 10.6. The molecule has 3 nitrogen and oxygen atoms in total. The third kappa shape index (κ3) is 2.19. The Morgan fingerprint density at radius 3 is 2.80 bits per heavy atom. The number of rotatable bonds is 5. The molecule has 1 aliphatic rings. The topological polar surface area (TPSA) is 31.4 Å². The van der Waals surface area contributed by atoms with Gasteiger partial charge in [-0.1, -0.05) is 6.07 Å². The van der Waals surface area contributed by atoms with Crippen molar-refractivity contribution in [1.82, 2.24) is 4.98 Å². The summed E-state index contributed by atoms with van der Waals surface area (Å²) in [4.78, 5) is 4.57. The van der Waals surface area contributed by atoms with Gasteiger partial charge < -0.3 is 9.47 Å². The third-order valence-electron chi connectivity index (χ3n) is 2.69. The van der Waals surface area contributed by atoms with E-state index in [0.717, 1.165) is 30.8 Å². The molecule has 0 spiro atoms. The molecule has 3 heteroatoms. The van der Waals surface area contributed by atoms with Crippen molar-refractivity contribution in [2.24, 2.45) is 0 Å². The van der Waals surface area contributed by atoms with Gasteiger partial charge >= 0.3 is 0 Å². The lowest BCUT2D eigenvalue weighted by molar-refractivity contribution is 0.0359. The van der Waals surface area contributed by atoms with Crippen LogP contribution in [0.4, 0.5) is 0 Å². The average Bonchev–Trinajstić information content (AvgIpc) is 3.01. The minimum atomic E-state index is -0.0848. The van der Waals surface area contributed by atoms with Gasteiger partial charge in [0.1, 0.15) is 5.60 Å². The minimum Gasteiger partial charge on any atom is -0.378 e. The van der Waals surface area contributed by atoms with Gasteiger partial charge in [0, 0.05) is 13.7 Å². The Morgan fingerprint density at radius 1 is 1.40 bits per heavy atom. The zero-order valence-electron chi connectivity index (χ0n) is 9.32. The number of aromatic nitrogens is 1. The van der Waals surface area contributed by atoms with Crippen LogP contribution in [0.2, 0.25) is 0 Å². The minimum absolute atomic E-state index is 0.0848.